The molecule has 0 spiro atoms. The normalized spacial score (nSPS) is 12.5. The molecule has 1 heterocycles. The first-order valence-corrected chi connectivity index (χ1v) is 5.53. The number of nitrogens with zero attached hydrogens (tertiary/aromatic N) is 1. The van der Waals surface area contributed by atoms with Gasteiger partial charge < -0.3 is 14.4 Å². The highest BCUT2D eigenvalue weighted by Crippen LogP contribution is 2.36. The Balaban J connectivity index is 1.94. The zero-order valence-corrected chi connectivity index (χ0v) is 9.59. The molecule has 1 aliphatic heterocycles. The van der Waals surface area contributed by atoms with Crippen molar-refractivity contribution >= 4 is 11.4 Å². The van der Waals surface area contributed by atoms with Crippen molar-refractivity contribution in [3.63, 3.8) is 0 Å². The van der Waals surface area contributed by atoms with Gasteiger partial charge in [0, 0.05) is 24.5 Å². The number of rotatable bonds is 2. The van der Waals surface area contributed by atoms with E-state index in [2.05, 4.69) is 17.0 Å². The van der Waals surface area contributed by atoms with E-state index >= 15 is 0 Å². The minimum Gasteiger partial charge on any atom is -0.454 e. The lowest BCUT2D eigenvalue weighted by atomic mass is 10.2. The minimum atomic E-state index is 0.313. The van der Waals surface area contributed by atoms with Crippen LogP contribution in [0.25, 0.3) is 0 Å². The summed E-state index contributed by atoms with van der Waals surface area (Å²) in [5.74, 6) is 1.63. The zero-order valence-electron chi connectivity index (χ0n) is 9.59. The number of hydrogen-bond donors (Lipinski definition) is 0. The number of anilines is 2. The van der Waals surface area contributed by atoms with Crippen LogP contribution in [0.5, 0.6) is 11.5 Å². The maximum atomic E-state index is 5.38. The fourth-order valence-corrected chi connectivity index (χ4v) is 1.89. The molecule has 2 aromatic carbocycles. The molecule has 0 radical (unpaired) electrons. The fourth-order valence-electron chi connectivity index (χ4n) is 1.89. The molecule has 3 nitrogen and oxygen atoms in total. The highest BCUT2D eigenvalue weighted by Gasteiger charge is 2.14. The quantitative estimate of drug-likeness (QED) is 0.786. The second-order valence-corrected chi connectivity index (χ2v) is 3.93. The highest BCUT2D eigenvalue weighted by molar-refractivity contribution is 5.65. The Bertz CT molecular complexity index is 525. The van der Waals surface area contributed by atoms with E-state index in [1.807, 2.05) is 43.4 Å². The van der Waals surface area contributed by atoms with Crippen LogP contribution < -0.4 is 14.4 Å². The Labute approximate surface area is 100 Å². The third kappa shape index (κ3) is 1.80. The highest BCUT2D eigenvalue weighted by atomic mass is 16.7. The second kappa shape index (κ2) is 4.01. The molecule has 86 valence electrons. The summed E-state index contributed by atoms with van der Waals surface area (Å²) in [6.45, 7) is 0.313. The predicted octanol–water partition coefficient (Wildman–Crippen LogP) is 3.18. The molecular weight excluding hydrogens is 214 g/mol. The van der Waals surface area contributed by atoms with Gasteiger partial charge in [-0.1, -0.05) is 18.2 Å². The molecular formula is C14H13NO2. The Morgan fingerprint density at radius 2 is 1.65 bits per heavy atom. The summed E-state index contributed by atoms with van der Waals surface area (Å²) in [7, 11) is 2.03. The topological polar surface area (TPSA) is 21.7 Å². The summed E-state index contributed by atoms with van der Waals surface area (Å²) in [4.78, 5) is 2.11. The SMILES string of the molecule is CN(c1ccccc1)c1ccc2c(c1)OCO2. The average molecular weight is 227 g/mol. The van der Waals surface area contributed by atoms with Crippen molar-refractivity contribution in [3.8, 4) is 11.5 Å². The van der Waals surface area contributed by atoms with Crippen molar-refractivity contribution < 1.29 is 9.47 Å². The van der Waals surface area contributed by atoms with Crippen LogP contribution >= 0.6 is 0 Å². The third-order valence-electron chi connectivity index (χ3n) is 2.89. The lowest BCUT2D eigenvalue weighted by Gasteiger charge is -2.19. The van der Waals surface area contributed by atoms with Gasteiger partial charge in [-0.15, -0.1) is 0 Å². The van der Waals surface area contributed by atoms with Crippen LogP contribution in [0.15, 0.2) is 48.5 Å². The number of hydrogen-bond acceptors (Lipinski definition) is 3. The molecule has 0 amide bonds. The molecule has 0 bridgehead atoms. The van der Waals surface area contributed by atoms with Crippen LogP contribution in [0.4, 0.5) is 11.4 Å². The van der Waals surface area contributed by atoms with Gasteiger partial charge >= 0.3 is 0 Å². The maximum absolute atomic E-state index is 5.38. The maximum Gasteiger partial charge on any atom is 0.231 e. The molecule has 0 aliphatic carbocycles. The number of para-hydroxylation sites is 1. The van der Waals surface area contributed by atoms with E-state index in [-0.39, 0.29) is 0 Å². The van der Waals surface area contributed by atoms with Crippen LogP contribution in [-0.2, 0) is 0 Å². The molecule has 0 unspecified atom stereocenters. The summed E-state index contributed by atoms with van der Waals surface area (Å²) in [6, 6.07) is 16.2. The van der Waals surface area contributed by atoms with Gasteiger partial charge in [0.15, 0.2) is 11.5 Å². The largest absolute Gasteiger partial charge is 0.454 e. The molecule has 0 saturated carbocycles. The molecule has 3 heteroatoms. The molecule has 17 heavy (non-hydrogen) atoms. The molecule has 0 atom stereocenters. The summed E-state index contributed by atoms with van der Waals surface area (Å²) in [5, 5.41) is 0. The van der Waals surface area contributed by atoms with Gasteiger partial charge in [0.05, 0.1) is 0 Å². The zero-order chi connectivity index (χ0) is 11.7. The lowest BCUT2D eigenvalue weighted by molar-refractivity contribution is 0.174. The monoisotopic (exact) mass is 227 g/mol. The Hall–Kier alpha value is -2.16. The fraction of sp³-hybridized carbons (Fsp3) is 0.143. The van der Waals surface area contributed by atoms with Gasteiger partial charge in [-0.3, -0.25) is 0 Å². The van der Waals surface area contributed by atoms with Gasteiger partial charge in [-0.05, 0) is 24.3 Å². The minimum absolute atomic E-state index is 0.313. The first kappa shape index (κ1) is 10.0. The van der Waals surface area contributed by atoms with Crippen LogP contribution in [-0.4, -0.2) is 13.8 Å². The number of benzene rings is 2. The van der Waals surface area contributed by atoms with Crippen LogP contribution in [0.1, 0.15) is 0 Å². The van der Waals surface area contributed by atoms with E-state index < -0.39 is 0 Å². The van der Waals surface area contributed by atoms with Crippen molar-refractivity contribution in [1.29, 1.82) is 0 Å². The second-order valence-electron chi connectivity index (χ2n) is 3.93. The van der Waals surface area contributed by atoms with Crippen molar-refractivity contribution in [3.05, 3.63) is 48.5 Å². The molecule has 3 rings (SSSR count). The van der Waals surface area contributed by atoms with Gasteiger partial charge in [0.1, 0.15) is 0 Å². The van der Waals surface area contributed by atoms with Gasteiger partial charge in [0.25, 0.3) is 0 Å². The van der Waals surface area contributed by atoms with Crippen molar-refractivity contribution in [2.75, 3.05) is 18.7 Å². The first-order chi connectivity index (χ1) is 8.34. The van der Waals surface area contributed by atoms with E-state index in [0.29, 0.717) is 6.79 Å². The van der Waals surface area contributed by atoms with Crippen LogP contribution in [0, 0.1) is 0 Å². The van der Waals surface area contributed by atoms with Crippen molar-refractivity contribution in [2.24, 2.45) is 0 Å². The van der Waals surface area contributed by atoms with Gasteiger partial charge in [0.2, 0.25) is 6.79 Å². The van der Waals surface area contributed by atoms with E-state index in [1.54, 1.807) is 0 Å². The summed E-state index contributed by atoms with van der Waals surface area (Å²) < 4.78 is 10.7. The summed E-state index contributed by atoms with van der Waals surface area (Å²) in [6.07, 6.45) is 0. The molecule has 0 saturated heterocycles. The van der Waals surface area contributed by atoms with Crippen LogP contribution in [0.2, 0.25) is 0 Å². The molecule has 1 aliphatic rings. The third-order valence-corrected chi connectivity index (χ3v) is 2.89. The summed E-state index contributed by atoms with van der Waals surface area (Å²) in [5.41, 5.74) is 2.23. The van der Waals surface area contributed by atoms with E-state index in [9.17, 15) is 0 Å². The van der Waals surface area contributed by atoms with E-state index in [0.717, 1.165) is 22.9 Å². The smallest absolute Gasteiger partial charge is 0.231 e. The Kier molecular flexibility index (Phi) is 2.37. The van der Waals surface area contributed by atoms with Crippen molar-refractivity contribution in [2.45, 2.75) is 0 Å². The Morgan fingerprint density at radius 1 is 0.882 bits per heavy atom. The van der Waals surface area contributed by atoms with E-state index in [1.165, 1.54) is 0 Å². The standard InChI is InChI=1S/C14H13NO2/c1-15(11-5-3-2-4-6-11)12-7-8-13-14(9-12)17-10-16-13/h2-9H,10H2,1H3. The molecule has 0 fully saturated rings. The average Bonchev–Trinajstić information content (AvgIpc) is 2.86. The first-order valence-electron chi connectivity index (χ1n) is 5.53. The molecule has 0 N–H and O–H groups in total. The molecule has 2 aromatic rings. The Morgan fingerprint density at radius 3 is 2.47 bits per heavy atom. The predicted molar refractivity (Wildman–Crippen MR) is 67.1 cm³/mol. The lowest BCUT2D eigenvalue weighted by Crippen LogP contribution is -2.08. The van der Waals surface area contributed by atoms with Crippen LogP contribution in [0.3, 0.4) is 0 Å². The number of ether oxygens (including phenoxy) is 2. The summed E-state index contributed by atoms with van der Waals surface area (Å²) >= 11 is 0. The van der Waals surface area contributed by atoms with E-state index in [4.69, 9.17) is 9.47 Å². The number of fused-ring (bicyclic) bond motifs is 1. The van der Waals surface area contributed by atoms with Gasteiger partial charge in [-0.25, -0.2) is 0 Å². The molecule has 0 aromatic heterocycles. The van der Waals surface area contributed by atoms with Crippen molar-refractivity contribution in [1.82, 2.24) is 0 Å². The van der Waals surface area contributed by atoms with Gasteiger partial charge in [-0.2, -0.15) is 0 Å².